The van der Waals surface area contributed by atoms with Gasteiger partial charge in [0.05, 0.1) is 12.6 Å². The number of hydrogen-bond donors (Lipinski definition) is 1. The fourth-order valence-electron chi connectivity index (χ4n) is 2.97. The average Bonchev–Trinajstić information content (AvgIpc) is 3.17. The summed E-state index contributed by atoms with van der Waals surface area (Å²) in [5.41, 5.74) is 0.911. The number of nitrogens with one attached hydrogen (secondary N) is 1. The van der Waals surface area contributed by atoms with Gasteiger partial charge >= 0.3 is 0 Å². The van der Waals surface area contributed by atoms with Crippen LogP contribution < -0.4 is 5.32 Å². The molecule has 108 valence electrons. The number of nitrogens with zero attached hydrogens (tertiary/aromatic N) is 1. The molecule has 1 saturated carbocycles. The third kappa shape index (κ3) is 3.01. The highest BCUT2D eigenvalue weighted by atomic mass is 19.1. The van der Waals surface area contributed by atoms with Crippen molar-refractivity contribution in [3.05, 3.63) is 35.6 Å². The molecule has 1 amide bonds. The number of amides is 1. The maximum Gasteiger partial charge on any atom is 0.237 e. The van der Waals surface area contributed by atoms with E-state index in [1.807, 2.05) is 11.0 Å². The van der Waals surface area contributed by atoms with Gasteiger partial charge in [0.1, 0.15) is 5.82 Å². The van der Waals surface area contributed by atoms with Crippen molar-refractivity contribution in [2.24, 2.45) is 5.92 Å². The van der Waals surface area contributed by atoms with E-state index in [2.05, 4.69) is 12.2 Å². The molecule has 0 unspecified atom stereocenters. The Kier molecular flexibility index (Phi) is 3.74. The zero-order valence-electron chi connectivity index (χ0n) is 11.8. The van der Waals surface area contributed by atoms with Gasteiger partial charge in [-0.15, -0.1) is 0 Å². The van der Waals surface area contributed by atoms with E-state index in [1.54, 1.807) is 12.1 Å². The normalized spacial score (nSPS) is 26.0. The van der Waals surface area contributed by atoms with E-state index in [0.29, 0.717) is 18.5 Å². The molecule has 1 aliphatic carbocycles. The van der Waals surface area contributed by atoms with Crippen LogP contribution in [-0.2, 0) is 4.79 Å². The van der Waals surface area contributed by atoms with Crippen LogP contribution in [0.1, 0.15) is 37.8 Å². The lowest BCUT2D eigenvalue weighted by Crippen LogP contribution is -2.38. The summed E-state index contributed by atoms with van der Waals surface area (Å²) in [5.74, 6) is 0.370. The molecule has 0 bridgehead atoms. The summed E-state index contributed by atoms with van der Waals surface area (Å²) in [4.78, 5) is 14.3. The summed E-state index contributed by atoms with van der Waals surface area (Å²) in [5, 5.41) is 3.27. The van der Waals surface area contributed by atoms with Crippen molar-refractivity contribution < 1.29 is 9.18 Å². The summed E-state index contributed by atoms with van der Waals surface area (Å²) in [6.45, 7) is 3.32. The molecule has 0 radical (unpaired) electrons. The van der Waals surface area contributed by atoms with Crippen molar-refractivity contribution in [1.29, 1.82) is 0 Å². The van der Waals surface area contributed by atoms with Crippen LogP contribution in [0.15, 0.2) is 24.3 Å². The van der Waals surface area contributed by atoms with E-state index in [-0.39, 0.29) is 17.8 Å². The summed E-state index contributed by atoms with van der Waals surface area (Å²) in [6, 6.07) is 7.19. The molecule has 1 saturated heterocycles. The molecule has 2 atom stereocenters. The second-order valence-corrected chi connectivity index (χ2v) is 6.11. The van der Waals surface area contributed by atoms with Gasteiger partial charge < -0.3 is 10.2 Å². The van der Waals surface area contributed by atoms with Crippen molar-refractivity contribution in [1.82, 2.24) is 10.2 Å². The van der Waals surface area contributed by atoms with Gasteiger partial charge in [-0.25, -0.2) is 4.39 Å². The highest BCUT2D eigenvalue weighted by Gasteiger charge is 2.34. The van der Waals surface area contributed by atoms with Crippen LogP contribution >= 0.6 is 0 Å². The summed E-state index contributed by atoms with van der Waals surface area (Å²) in [7, 11) is 0. The molecule has 1 N–H and O–H groups in total. The summed E-state index contributed by atoms with van der Waals surface area (Å²) < 4.78 is 13.4. The number of hydrogen-bond acceptors (Lipinski definition) is 2. The number of likely N-dealkylation sites (tertiary alicyclic amines) is 1. The van der Waals surface area contributed by atoms with E-state index in [9.17, 15) is 9.18 Å². The highest BCUT2D eigenvalue weighted by molar-refractivity contribution is 5.79. The lowest BCUT2D eigenvalue weighted by molar-refractivity contribution is -0.131. The van der Waals surface area contributed by atoms with Crippen LogP contribution in [0.3, 0.4) is 0 Å². The van der Waals surface area contributed by atoms with E-state index >= 15 is 0 Å². The van der Waals surface area contributed by atoms with Gasteiger partial charge in [-0.05, 0) is 42.9 Å². The van der Waals surface area contributed by atoms with Crippen LogP contribution in [0.25, 0.3) is 0 Å². The maximum atomic E-state index is 13.4. The van der Waals surface area contributed by atoms with Gasteiger partial charge in [-0.1, -0.05) is 19.1 Å². The minimum Gasteiger partial charge on any atom is -0.334 e. The van der Waals surface area contributed by atoms with Gasteiger partial charge in [0.15, 0.2) is 0 Å². The standard InChI is InChI=1S/C16H21FN2O/c1-11-7-15(12-3-2-4-13(17)8-12)19(10-11)16(20)9-18-14-5-6-14/h2-4,8,11,14-15,18H,5-7,9-10H2,1H3/t11-,15+/m0/s1. The molecule has 1 aromatic rings. The van der Waals surface area contributed by atoms with Gasteiger partial charge in [-0.2, -0.15) is 0 Å². The molecule has 2 aliphatic rings. The average molecular weight is 276 g/mol. The first-order valence-electron chi connectivity index (χ1n) is 7.42. The smallest absolute Gasteiger partial charge is 0.237 e. The summed E-state index contributed by atoms with van der Waals surface area (Å²) >= 11 is 0. The first-order valence-corrected chi connectivity index (χ1v) is 7.42. The number of carbonyl (C=O) groups is 1. The van der Waals surface area contributed by atoms with Crippen LogP contribution in [0.2, 0.25) is 0 Å². The fraction of sp³-hybridized carbons (Fsp3) is 0.562. The molecule has 0 aromatic heterocycles. The molecular weight excluding hydrogens is 255 g/mol. The highest BCUT2D eigenvalue weighted by Crippen LogP contribution is 2.35. The first kappa shape index (κ1) is 13.6. The van der Waals surface area contributed by atoms with Crippen LogP contribution in [0.5, 0.6) is 0 Å². The second kappa shape index (κ2) is 5.52. The number of carbonyl (C=O) groups excluding carboxylic acids is 1. The Bertz CT molecular complexity index is 501. The fourth-order valence-corrected chi connectivity index (χ4v) is 2.97. The lowest BCUT2D eigenvalue weighted by Gasteiger charge is -2.25. The molecule has 2 fully saturated rings. The molecule has 0 spiro atoms. The van der Waals surface area contributed by atoms with Crippen molar-refractivity contribution >= 4 is 5.91 Å². The molecule has 3 nitrogen and oxygen atoms in total. The minimum atomic E-state index is -0.231. The Hall–Kier alpha value is -1.42. The van der Waals surface area contributed by atoms with Crippen LogP contribution in [0, 0.1) is 11.7 Å². The Labute approximate surface area is 119 Å². The number of rotatable bonds is 4. The van der Waals surface area contributed by atoms with Crippen LogP contribution in [-0.4, -0.2) is 29.9 Å². The Morgan fingerprint density at radius 2 is 2.25 bits per heavy atom. The van der Waals surface area contributed by atoms with Crippen molar-refractivity contribution in [3.63, 3.8) is 0 Å². The number of benzene rings is 1. The van der Waals surface area contributed by atoms with E-state index in [4.69, 9.17) is 0 Å². The van der Waals surface area contributed by atoms with E-state index in [1.165, 1.54) is 18.9 Å². The van der Waals surface area contributed by atoms with Crippen molar-refractivity contribution in [3.8, 4) is 0 Å². The quantitative estimate of drug-likeness (QED) is 0.916. The predicted molar refractivity (Wildman–Crippen MR) is 75.7 cm³/mol. The Morgan fingerprint density at radius 3 is 2.95 bits per heavy atom. The van der Waals surface area contributed by atoms with Gasteiger partial charge in [0, 0.05) is 12.6 Å². The molecule has 1 heterocycles. The van der Waals surface area contributed by atoms with Gasteiger partial charge in [-0.3, -0.25) is 4.79 Å². The van der Waals surface area contributed by atoms with Crippen LogP contribution in [0.4, 0.5) is 4.39 Å². The molecular formula is C16H21FN2O. The summed E-state index contributed by atoms with van der Waals surface area (Å²) in [6.07, 6.45) is 3.27. The molecule has 1 aromatic carbocycles. The van der Waals surface area contributed by atoms with Gasteiger partial charge in [0.2, 0.25) is 5.91 Å². The molecule has 20 heavy (non-hydrogen) atoms. The molecule has 3 rings (SSSR count). The van der Waals surface area contributed by atoms with Crippen molar-refractivity contribution in [2.75, 3.05) is 13.1 Å². The molecule has 4 heteroatoms. The largest absolute Gasteiger partial charge is 0.334 e. The zero-order valence-corrected chi connectivity index (χ0v) is 11.8. The monoisotopic (exact) mass is 276 g/mol. The predicted octanol–water partition coefficient (Wildman–Crippen LogP) is 2.49. The maximum absolute atomic E-state index is 13.4. The van der Waals surface area contributed by atoms with Crippen molar-refractivity contribution in [2.45, 2.75) is 38.3 Å². The number of halogens is 1. The third-order valence-electron chi connectivity index (χ3n) is 4.18. The topological polar surface area (TPSA) is 32.3 Å². The van der Waals surface area contributed by atoms with E-state index in [0.717, 1.165) is 18.5 Å². The first-order chi connectivity index (χ1) is 9.63. The second-order valence-electron chi connectivity index (χ2n) is 6.11. The molecule has 1 aliphatic heterocycles. The minimum absolute atomic E-state index is 0.0224. The Morgan fingerprint density at radius 1 is 1.45 bits per heavy atom. The third-order valence-corrected chi connectivity index (χ3v) is 4.18. The SMILES string of the molecule is C[C@H]1C[C@H](c2cccc(F)c2)N(C(=O)CNC2CC2)C1. The lowest BCUT2D eigenvalue weighted by atomic mass is 10.0. The zero-order chi connectivity index (χ0) is 14.1. The van der Waals surface area contributed by atoms with Gasteiger partial charge in [0.25, 0.3) is 0 Å². The van der Waals surface area contributed by atoms with E-state index < -0.39 is 0 Å². The Balaban J connectivity index is 1.72.